The lowest BCUT2D eigenvalue weighted by Crippen LogP contribution is -2.19. The number of nitrogens with zero attached hydrogens (tertiary/aromatic N) is 1. The predicted molar refractivity (Wildman–Crippen MR) is 75.6 cm³/mol. The lowest BCUT2D eigenvalue weighted by molar-refractivity contribution is -0.112. The molecule has 1 amide bonds. The first-order valence-corrected chi connectivity index (χ1v) is 5.99. The molecule has 1 heterocycles. The van der Waals surface area contributed by atoms with E-state index in [-0.39, 0.29) is 5.91 Å². The zero-order valence-corrected chi connectivity index (χ0v) is 10.6. The highest BCUT2D eigenvalue weighted by atomic mass is 16.5. The van der Waals surface area contributed by atoms with Crippen LogP contribution in [0.1, 0.15) is 5.56 Å². The van der Waals surface area contributed by atoms with Gasteiger partial charge in [0, 0.05) is 16.8 Å². The third-order valence-corrected chi connectivity index (χ3v) is 3.26. The molecule has 0 bridgehead atoms. The van der Waals surface area contributed by atoms with Crippen molar-refractivity contribution < 1.29 is 9.53 Å². The second kappa shape index (κ2) is 4.28. The summed E-state index contributed by atoms with van der Waals surface area (Å²) >= 11 is 0. The minimum atomic E-state index is -0.0774. The Labute approximate surface area is 111 Å². The van der Waals surface area contributed by atoms with Crippen LogP contribution in [-0.2, 0) is 4.79 Å². The smallest absolute Gasteiger partial charge is 0.262 e. The van der Waals surface area contributed by atoms with Crippen molar-refractivity contribution in [2.24, 2.45) is 0 Å². The SMILES string of the molecule is C=C1C(=O)N(c2ccc(OC)cc2)c2ccccc21. The molecule has 0 aromatic heterocycles. The van der Waals surface area contributed by atoms with Crippen LogP contribution in [0, 0.1) is 0 Å². The summed E-state index contributed by atoms with van der Waals surface area (Å²) in [7, 11) is 1.62. The van der Waals surface area contributed by atoms with Crippen LogP contribution in [0.15, 0.2) is 55.1 Å². The van der Waals surface area contributed by atoms with Gasteiger partial charge < -0.3 is 4.74 Å². The molecule has 1 aliphatic rings. The Bertz CT molecular complexity index is 659. The highest BCUT2D eigenvalue weighted by Gasteiger charge is 2.31. The fraction of sp³-hybridized carbons (Fsp3) is 0.0625. The van der Waals surface area contributed by atoms with Crippen LogP contribution >= 0.6 is 0 Å². The largest absolute Gasteiger partial charge is 0.497 e. The topological polar surface area (TPSA) is 29.5 Å². The molecule has 3 rings (SSSR count). The van der Waals surface area contributed by atoms with Gasteiger partial charge >= 0.3 is 0 Å². The Morgan fingerprint density at radius 2 is 1.74 bits per heavy atom. The highest BCUT2D eigenvalue weighted by molar-refractivity contribution is 6.34. The van der Waals surface area contributed by atoms with Gasteiger partial charge in [0.15, 0.2) is 0 Å². The van der Waals surface area contributed by atoms with Crippen LogP contribution in [0.5, 0.6) is 5.75 Å². The summed E-state index contributed by atoms with van der Waals surface area (Å²) in [5.74, 6) is 0.689. The molecule has 0 radical (unpaired) electrons. The average molecular weight is 251 g/mol. The second-order valence-corrected chi connectivity index (χ2v) is 4.33. The van der Waals surface area contributed by atoms with E-state index in [1.54, 1.807) is 12.0 Å². The quantitative estimate of drug-likeness (QED) is 0.766. The molecule has 19 heavy (non-hydrogen) atoms. The number of carbonyl (C=O) groups is 1. The Balaban J connectivity index is 2.09. The first-order valence-electron chi connectivity index (χ1n) is 5.99. The monoisotopic (exact) mass is 251 g/mol. The maximum Gasteiger partial charge on any atom is 0.262 e. The number of hydrogen-bond donors (Lipinski definition) is 0. The molecule has 2 aromatic rings. The second-order valence-electron chi connectivity index (χ2n) is 4.33. The summed E-state index contributed by atoms with van der Waals surface area (Å²) in [5, 5.41) is 0. The first-order chi connectivity index (χ1) is 9.22. The highest BCUT2D eigenvalue weighted by Crippen LogP contribution is 2.40. The van der Waals surface area contributed by atoms with Crippen molar-refractivity contribution in [2.75, 3.05) is 12.0 Å². The fourth-order valence-electron chi connectivity index (χ4n) is 2.27. The van der Waals surface area contributed by atoms with Crippen molar-refractivity contribution in [3.63, 3.8) is 0 Å². The van der Waals surface area contributed by atoms with Crippen LogP contribution in [0.4, 0.5) is 11.4 Å². The van der Waals surface area contributed by atoms with E-state index in [4.69, 9.17) is 4.74 Å². The maximum absolute atomic E-state index is 12.3. The zero-order chi connectivity index (χ0) is 13.4. The van der Waals surface area contributed by atoms with Crippen molar-refractivity contribution in [2.45, 2.75) is 0 Å². The van der Waals surface area contributed by atoms with E-state index in [0.717, 1.165) is 22.7 Å². The Morgan fingerprint density at radius 3 is 2.42 bits per heavy atom. The number of anilines is 2. The van der Waals surface area contributed by atoms with E-state index in [2.05, 4.69) is 6.58 Å². The molecule has 94 valence electrons. The van der Waals surface area contributed by atoms with E-state index in [0.29, 0.717) is 5.57 Å². The average Bonchev–Trinajstić information content (AvgIpc) is 2.72. The summed E-state index contributed by atoms with van der Waals surface area (Å²) in [6.45, 7) is 3.87. The molecule has 0 spiro atoms. The van der Waals surface area contributed by atoms with Crippen molar-refractivity contribution in [3.8, 4) is 5.75 Å². The molecule has 0 atom stereocenters. The summed E-state index contributed by atoms with van der Waals surface area (Å²) < 4.78 is 5.13. The van der Waals surface area contributed by atoms with Gasteiger partial charge in [-0.15, -0.1) is 0 Å². The summed E-state index contributed by atoms with van der Waals surface area (Å²) in [6, 6.07) is 15.1. The Morgan fingerprint density at radius 1 is 1.05 bits per heavy atom. The van der Waals surface area contributed by atoms with Crippen LogP contribution in [0.2, 0.25) is 0 Å². The maximum atomic E-state index is 12.3. The van der Waals surface area contributed by atoms with E-state index in [9.17, 15) is 4.79 Å². The molecular formula is C16H13NO2. The molecule has 3 nitrogen and oxygen atoms in total. The molecule has 0 saturated carbocycles. The predicted octanol–water partition coefficient (Wildman–Crippen LogP) is 3.39. The Hall–Kier alpha value is -2.55. The van der Waals surface area contributed by atoms with Gasteiger partial charge in [-0.3, -0.25) is 9.69 Å². The number of rotatable bonds is 2. The third-order valence-electron chi connectivity index (χ3n) is 3.26. The first kappa shape index (κ1) is 11.5. The molecule has 3 heteroatoms. The lowest BCUT2D eigenvalue weighted by atomic mass is 10.1. The van der Waals surface area contributed by atoms with Gasteiger partial charge in [-0.05, 0) is 30.3 Å². The van der Waals surface area contributed by atoms with Gasteiger partial charge in [0.05, 0.1) is 12.8 Å². The number of ether oxygens (including phenoxy) is 1. The Kier molecular flexibility index (Phi) is 2.60. The van der Waals surface area contributed by atoms with Gasteiger partial charge in [0.25, 0.3) is 5.91 Å². The van der Waals surface area contributed by atoms with Crippen LogP contribution < -0.4 is 9.64 Å². The minimum Gasteiger partial charge on any atom is -0.497 e. The van der Waals surface area contributed by atoms with Crippen LogP contribution in [-0.4, -0.2) is 13.0 Å². The van der Waals surface area contributed by atoms with Gasteiger partial charge in [-0.25, -0.2) is 0 Å². The number of amides is 1. The van der Waals surface area contributed by atoms with Gasteiger partial charge in [0.2, 0.25) is 0 Å². The molecule has 1 aliphatic heterocycles. The van der Waals surface area contributed by atoms with Crippen LogP contribution in [0.25, 0.3) is 5.57 Å². The van der Waals surface area contributed by atoms with Gasteiger partial charge in [0.1, 0.15) is 5.75 Å². The zero-order valence-electron chi connectivity index (χ0n) is 10.6. The van der Waals surface area contributed by atoms with E-state index in [1.165, 1.54) is 0 Å². The molecule has 0 fully saturated rings. The summed E-state index contributed by atoms with van der Waals surface area (Å²) in [4.78, 5) is 14.0. The fourth-order valence-corrected chi connectivity index (χ4v) is 2.27. The number of para-hydroxylation sites is 1. The molecular weight excluding hydrogens is 238 g/mol. The normalized spacial score (nSPS) is 13.6. The van der Waals surface area contributed by atoms with Crippen molar-refractivity contribution in [3.05, 3.63) is 60.7 Å². The van der Waals surface area contributed by atoms with Gasteiger partial charge in [-0.2, -0.15) is 0 Å². The molecule has 0 saturated heterocycles. The molecule has 0 unspecified atom stereocenters. The number of methoxy groups -OCH3 is 1. The summed E-state index contributed by atoms with van der Waals surface area (Å²) in [6.07, 6.45) is 0. The van der Waals surface area contributed by atoms with Crippen molar-refractivity contribution >= 4 is 22.9 Å². The third kappa shape index (κ3) is 1.71. The van der Waals surface area contributed by atoms with Crippen molar-refractivity contribution in [1.29, 1.82) is 0 Å². The standard InChI is InChI=1S/C16H13NO2/c1-11-14-5-3-4-6-15(14)17(16(11)18)12-7-9-13(19-2)10-8-12/h3-10H,1H2,2H3. The minimum absolute atomic E-state index is 0.0774. The number of fused-ring (bicyclic) bond motifs is 1. The summed E-state index contributed by atoms with van der Waals surface area (Å²) in [5.41, 5.74) is 3.12. The molecule has 0 N–H and O–H groups in total. The van der Waals surface area contributed by atoms with E-state index in [1.807, 2.05) is 48.5 Å². The van der Waals surface area contributed by atoms with E-state index < -0.39 is 0 Å². The van der Waals surface area contributed by atoms with Gasteiger partial charge in [-0.1, -0.05) is 24.8 Å². The molecule has 2 aromatic carbocycles. The van der Waals surface area contributed by atoms with E-state index >= 15 is 0 Å². The molecule has 0 aliphatic carbocycles. The number of benzene rings is 2. The van der Waals surface area contributed by atoms with Crippen molar-refractivity contribution in [1.82, 2.24) is 0 Å². The number of carbonyl (C=O) groups excluding carboxylic acids is 1. The number of hydrogen-bond acceptors (Lipinski definition) is 2. The lowest BCUT2D eigenvalue weighted by Gasteiger charge is -2.17. The van der Waals surface area contributed by atoms with Crippen LogP contribution in [0.3, 0.4) is 0 Å².